The first-order valence-corrected chi connectivity index (χ1v) is 5.29. The van der Waals surface area contributed by atoms with Gasteiger partial charge in [0.25, 0.3) is 0 Å². The van der Waals surface area contributed by atoms with Gasteiger partial charge < -0.3 is 5.11 Å². The third-order valence-corrected chi connectivity index (χ3v) is 2.91. The molecule has 14 heavy (non-hydrogen) atoms. The minimum absolute atomic E-state index is 0.0326. The van der Waals surface area contributed by atoms with Crippen LogP contribution < -0.4 is 0 Å². The van der Waals surface area contributed by atoms with Crippen LogP contribution in [0.1, 0.15) is 28.9 Å². The fourth-order valence-corrected chi connectivity index (χ4v) is 2.00. The van der Waals surface area contributed by atoms with Gasteiger partial charge in [-0.3, -0.25) is 9.59 Å². The molecule has 0 fully saturated rings. The van der Waals surface area contributed by atoms with Crippen molar-refractivity contribution in [1.82, 2.24) is 0 Å². The number of carboxylic acid groups (broad SMARTS) is 1. The van der Waals surface area contributed by atoms with E-state index in [0.717, 1.165) is 0 Å². The summed E-state index contributed by atoms with van der Waals surface area (Å²) >= 11 is 6.88. The lowest BCUT2D eigenvalue weighted by molar-refractivity contribution is -0.137. The molecule has 0 saturated heterocycles. The SMILES string of the molecule is O=C(O)CCCC(=O)c1ccc(Cl)s1. The van der Waals surface area contributed by atoms with Gasteiger partial charge in [0.1, 0.15) is 0 Å². The Hall–Kier alpha value is -0.870. The molecule has 1 rings (SSSR count). The number of hydrogen-bond acceptors (Lipinski definition) is 3. The van der Waals surface area contributed by atoms with Gasteiger partial charge in [0.2, 0.25) is 0 Å². The van der Waals surface area contributed by atoms with Gasteiger partial charge in [-0.25, -0.2) is 0 Å². The standard InChI is InChI=1S/C9H9ClO3S/c10-8-5-4-7(14-8)6(11)2-1-3-9(12)13/h4-5H,1-3H2,(H,12,13). The summed E-state index contributed by atoms with van der Waals surface area (Å²) in [6.45, 7) is 0. The Morgan fingerprint density at radius 3 is 2.57 bits per heavy atom. The molecular formula is C9H9ClO3S. The van der Waals surface area contributed by atoms with Gasteiger partial charge in [-0.05, 0) is 18.6 Å². The van der Waals surface area contributed by atoms with Gasteiger partial charge in [0.05, 0.1) is 9.21 Å². The second-order valence-electron chi connectivity index (χ2n) is 2.77. The molecule has 1 heterocycles. The second-order valence-corrected chi connectivity index (χ2v) is 4.49. The van der Waals surface area contributed by atoms with Gasteiger partial charge in [-0.2, -0.15) is 0 Å². The van der Waals surface area contributed by atoms with Crippen LogP contribution in [0.5, 0.6) is 0 Å². The lowest BCUT2D eigenvalue weighted by Gasteiger charge is -1.95. The molecule has 0 bridgehead atoms. The van der Waals surface area contributed by atoms with Gasteiger partial charge in [0.15, 0.2) is 5.78 Å². The molecule has 0 spiro atoms. The molecule has 0 aromatic carbocycles. The minimum Gasteiger partial charge on any atom is -0.481 e. The third-order valence-electron chi connectivity index (χ3n) is 1.64. The number of hydrogen-bond donors (Lipinski definition) is 1. The highest BCUT2D eigenvalue weighted by atomic mass is 35.5. The van der Waals surface area contributed by atoms with Gasteiger partial charge in [-0.1, -0.05) is 11.6 Å². The zero-order valence-corrected chi connectivity index (χ0v) is 8.90. The molecule has 3 nitrogen and oxygen atoms in total. The number of carboxylic acids is 1. The third kappa shape index (κ3) is 3.47. The molecule has 1 aromatic heterocycles. The van der Waals surface area contributed by atoms with Crippen LogP contribution in [-0.2, 0) is 4.79 Å². The maximum absolute atomic E-state index is 11.4. The van der Waals surface area contributed by atoms with Crippen molar-refractivity contribution < 1.29 is 14.7 Å². The van der Waals surface area contributed by atoms with Crippen LogP contribution >= 0.6 is 22.9 Å². The summed E-state index contributed by atoms with van der Waals surface area (Å²) in [5.74, 6) is -0.912. The van der Waals surface area contributed by atoms with Crippen molar-refractivity contribution in [2.24, 2.45) is 0 Å². The minimum atomic E-state index is -0.873. The molecule has 0 amide bonds. The summed E-state index contributed by atoms with van der Waals surface area (Å²) < 4.78 is 0.576. The second kappa shape index (κ2) is 5.12. The van der Waals surface area contributed by atoms with Crippen molar-refractivity contribution in [1.29, 1.82) is 0 Å². The number of carbonyl (C=O) groups excluding carboxylic acids is 1. The zero-order valence-electron chi connectivity index (χ0n) is 7.33. The van der Waals surface area contributed by atoms with Crippen LogP contribution in [0, 0.1) is 0 Å². The summed E-state index contributed by atoms with van der Waals surface area (Å²) in [6, 6.07) is 3.33. The van der Waals surface area contributed by atoms with Crippen molar-refractivity contribution in [3.63, 3.8) is 0 Å². The predicted octanol–water partition coefficient (Wildman–Crippen LogP) is 2.84. The highest BCUT2D eigenvalue weighted by Gasteiger charge is 2.09. The molecule has 1 aromatic rings. The van der Waals surface area contributed by atoms with E-state index in [0.29, 0.717) is 15.6 Å². The van der Waals surface area contributed by atoms with Crippen LogP contribution in [0.4, 0.5) is 0 Å². The van der Waals surface area contributed by atoms with Crippen LogP contribution in [-0.4, -0.2) is 16.9 Å². The van der Waals surface area contributed by atoms with E-state index in [4.69, 9.17) is 16.7 Å². The lowest BCUT2D eigenvalue weighted by Crippen LogP contribution is -1.99. The Morgan fingerprint density at radius 1 is 1.36 bits per heavy atom. The maximum atomic E-state index is 11.4. The van der Waals surface area contributed by atoms with E-state index in [1.807, 2.05) is 0 Å². The van der Waals surface area contributed by atoms with E-state index in [1.165, 1.54) is 11.3 Å². The normalized spacial score (nSPS) is 10.1. The van der Waals surface area contributed by atoms with Crippen LogP contribution in [0.2, 0.25) is 4.34 Å². The van der Waals surface area contributed by atoms with E-state index < -0.39 is 5.97 Å². The fraction of sp³-hybridized carbons (Fsp3) is 0.333. The van der Waals surface area contributed by atoms with Crippen molar-refractivity contribution in [3.05, 3.63) is 21.3 Å². The van der Waals surface area contributed by atoms with Gasteiger partial charge in [0, 0.05) is 12.8 Å². The van der Waals surface area contributed by atoms with E-state index in [-0.39, 0.29) is 18.6 Å². The van der Waals surface area contributed by atoms with Crippen LogP contribution in [0.3, 0.4) is 0 Å². The topological polar surface area (TPSA) is 54.4 Å². The number of carbonyl (C=O) groups is 2. The van der Waals surface area contributed by atoms with E-state index in [1.54, 1.807) is 12.1 Å². The number of rotatable bonds is 5. The fourth-order valence-electron chi connectivity index (χ4n) is 0.988. The van der Waals surface area contributed by atoms with Crippen LogP contribution in [0.15, 0.2) is 12.1 Å². The van der Waals surface area contributed by atoms with Gasteiger partial charge in [-0.15, -0.1) is 11.3 Å². The molecule has 0 aliphatic rings. The number of Topliss-reactive ketones (excluding diaryl/α,β-unsaturated/α-hetero) is 1. The first-order chi connectivity index (χ1) is 6.59. The smallest absolute Gasteiger partial charge is 0.303 e. The van der Waals surface area contributed by atoms with Crippen molar-refractivity contribution in [3.8, 4) is 0 Å². The molecule has 0 unspecified atom stereocenters. The zero-order chi connectivity index (χ0) is 10.6. The molecule has 0 aliphatic carbocycles. The Kier molecular flexibility index (Phi) is 4.10. The Bertz CT molecular complexity index is 346. The summed E-state index contributed by atoms with van der Waals surface area (Å²) in [4.78, 5) is 22.2. The molecule has 0 radical (unpaired) electrons. The van der Waals surface area contributed by atoms with Crippen LogP contribution in [0.25, 0.3) is 0 Å². The Morgan fingerprint density at radius 2 is 2.07 bits per heavy atom. The van der Waals surface area contributed by atoms with Gasteiger partial charge >= 0.3 is 5.97 Å². The summed E-state index contributed by atoms with van der Waals surface area (Å²) in [7, 11) is 0. The summed E-state index contributed by atoms with van der Waals surface area (Å²) in [5.41, 5.74) is 0. The van der Waals surface area contributed by atoms with E-state index in [9.17, 15) is 9.59 Å². The highest BCUT2D eigenvalue weighted by molar-refractivity contribution is 7.18. The molecule has 0 aliphatic heterocycles. The average Bonchev–Trinajstić information content (AvgIpc) is 2.51. The molecule has 5 heteroatoms. The monoisotopic (exact) mass is 232 g/mol. The first-order valence-electron chi connectivity index (χ1n) is 4.10. The Balaban J connectivity index is 2.39. The van der Waals surface area contributed by atoms with E-state index in [2.05, 4.69) is 0 Å². The number of ketones is 1. The average molecular weight is 233 g/mol. The number of aliphatic carboxylic acids is 1. The molecule has 0 saturated carbocycles. The highest BCUT2D eigenvalue weighted by Crippen LogP contribution is 2.22. The summed E-state index contributed by atoms with van der Waals surface area (Å²) in [6.07, 6.45) is 0.678. The first kappa shape index (κ1) is 11.2. The number of thiophene rings is 1. The number of halogens is 1. The predicted molar refractivity (Wildman–Crippen MR) is 55.1 cm³/mol. The van der Waals surface area contributed by atoms with Crippen molar-refractivity contribution in [2.75, 3.05) is 0 Å². The largest absolute Gasteiger partial charge is 0.481 e. The maximum Gasteiger partial charge on any atom is 0.303 e. The summed E-state index contributed by atoms with van der Waals surface area (Å²) in [5, 5.41) is 8.37. The molecule has 1 N–H and O–H groups in total. The molecule has 0 atom stereocenters. The van der Waals surface area contributed by atoms with Crippen molar-refractivity contribution >= 4 is 34.7 Å². The quantitative estimate of drug-likeness (QED) is 0.795. The molecule has 76 valence electrons. The van der Waals surface area contributed by atoms with E-state index >= 15 is 0 Å². The lowest BCUT2D eigenvalue weighted by atomic mass is 10.1. The Labute approximate surface area is 90.3 Å². The molecular weight excluding hydrogens is 224 g/mol. The van der Waals surface area contributed by atoms with Crippen molar-refractivity contribution in [2.45, 2.75) is 19.3 Å².